The summed E-state index contributed by atoms with van der Waals surface area (Å²) in [5, 5.41) is 2.56. The number of hydrogen-bond donors (Lipinski definition) is 2. The number of benzene rings is 1. The fourth-order valence-corrected chi connectivity index (χ4v) is 4.70. The predicted octanol–water partition coefficient (Wildman–Crippen LogP) is 3.44. The molecule has 0 spiro atoms. The third kappa shape index (κ3) is 5.29. The molecular formula is C16H17F3N2O3S2. The van der Waals surface area contributed by atoms with Crippen LogP contribution in [0.25, 0.3) is 0 Å². The van der Waals surface area contributed by atoms with E-state index < -0.39 is 27.8 Å². The van der Waals surface area contributed by atoms with Crippen molar-refractivity contribution >= 4 is 27.3 Å². The van der Waals surface area contributed by atoms with Crippen LogP contribution in [0.5, 0.6) is 0 Å². The molecule has 5 nitrogen and oxygen atoms in total. The number of sulfonamides is 1. The molecule has 142 valence electrons. The normalized spacial score (nSPS) is 13.4. The minimum absolute atomic E-state index is 0.0247. The molecule has 0 unspecified atom stereocenters. The molecule has 1 aromatic heterocycles. The fraction of sp³-hybridized carbons (Fsp3) is 0.312. The Morgan fingerprint density at radius 3 is 2.54 bits per heavy atom. The van der Waals surface area contributed by atoms with Crippen molar-refractivity contribution in [3.8, 4) is 0 Å². The van der Waals surface area contributed by atoms with Crippen molar-refractivity contribution in [2.45, 2.75) is 36.8 Å². The van der Waals surface area contributed by atoms with Gasteiger partial charge in [-0.05, 0) is 36.8 Å². The van der Waals surface area contributed by atoms with E-state index in [1.54, 1.807) is 6.07 Å². The summed E-state index contributed by atoms with van der Waals surface area (Å²) in [5.41, 5.74) is -0.631. The third-order valence-corrected chi connectivity index (χ3v) is 6.58. The number of alkyl halides is 3. The summed E-state index contributed by atoms with van der Waals surface area (Å²) in [6.45, 7) is 3.03. The van der Waals surface area contributed by atoms with Gasteiger partial charge in [-0.3, -0.25) is 4.79 Å². The van der Waals surface area contributed by atoms with Crippen molar-refractivity contribution < 1.29 is 26.4 Å². The predicted molar refractivity (Wildman–Crippen MR) is 92.0 cm³/mol. The number of carbonyl (C=O) groups excluding carboxylic acids is 1. The molecule has 0 aliphatic carbocycles. The summed E-state index contributed by atoms with van der Waals surface area (Å²) < 4.78 is 65.7. The molecule has 1 atom stereocenters. The highest BCUT2D eigenvalue weighted by Crippen LogP contribution is 2.31. The van der Waals surface area contributed by atoms with Crippen LogP contribution in [0.3, 0.4) is 0 Å². The zero-order chi connectivity index (χ0) is 19.5. The maximum atomic E-state index is 12.8. The van der Waals surface area contributed by atoms with E-state index in [0.29, 0.717) is 4.88 Å². The van der Waals surface area contributed by atoms with Crippen molar-refractivity contribution in [1.82, 2.24) is 10.0 Å². The minimum atomic E-state index is -4.50. The lowest BCUT2D eigenvalue weighted by Gasteiger charge is -2.15. The van der Waals surface area contributed by atoms with Crippen molar-refractivity contribution in [3.05, 3.63) is 52.4 Å². The van der Waals surface area contributed by atoms with Crippen LogP contribution in [0.4, 0.5) is 13.2 Å². The Labute approximate surface area is 153 Å². The van der Waals surface area contributed by atoms with E-state index in [4.69, 9.17) is 0 Å². The molecule has 1 amide bonds. The maximum absolute atomic E-state index is 12.8. The number of nitrogens with one attached hydrogen (secondary N) is 2. The van der Waals surface area contributed by atoms with Gasteiger partial charge in [0, 0.05) is 17.8 Å². The van der Waals surface area contributed by atoms with E-state index in [2.05, 4.69) is 10.0 Å². The van der Waals surface area contributed by atoms with E-state index in [1.807, 2.05) is 0 Å². The molecule has 0 radical (unpaired) electrons. The highest BCUT2D eigenvalue weighted by Gasteiger charge is 2.31. The summed E-state index contributed by atoms with van der Waals surface area (Å²) in [5.74, 6) is -0.237. The molecule has 2 N–H and O–H groups in total. The van der Waals surface area contributed by atoms with Gasteiger partial charge in [0.1, 0.15) is 4.21 Å². The van der Waals surface area contributed by atoms with Crippen LogP contribution in [-0.4, -0.2) is 14.3 Å². The largest absolute Gasteiger partial charge is 0.416 e. The second-order valence-electron chi connectivity index (χ2n) is 5.60. The van der Waals surface area contributed by atoms with E-state index in [1.165, 1.54) is 32.0 Å². The van der Waals surface area contributed by atoms with Gasteiger partial charge in [0.05, 0.1) is 12.1 Å². The number of thiophene rings is 1. The SMILES string of the molecule is CC(=O)NCc1ccc(S(=O)(=O)N[C@@H](C)c2cccc(C(F)(F)F)c2)s1. The third-order valence-electron chi connectivity index (χ3n) is 3.46. The lowest BCUT2D eigenvalue weighted by molar-refractivity contribution is -0.137. The molecule has 0 fully saturated rings. The average Bonchev–Trinajstić information content (AvgIpc) is 3.02. The molecule has 10 heteroatoms. The van der Waals surface area contributed by atoms with Gasteiger partial charge in [-0.25, -0.2) is 13.1 Å². The molecule has 2 aromatic rings. The molecule has 0 aliphatic rings. The van der Waals surface area contributed by atoms with Gasteiger partial charge < -0.3 is 5.32 Å². The monoisotopic (exact) mass is 406 g/mol. The lowest BCUT2D eigenvalue weighted by Crippen LogP contribution is -2.26. The molecular weight excluding hydrogens is 389 g/mol. The van der Waals surface area contributed by atoms with Crippen LogP contribution in [0, 0.1) is 0 Å². The summed E-state index contributed by atoms with van der Waals surface area (Å²) >= 11 is 0.981. The van der Waals surface area contributed by atoms with E-state index >= 15 is 0 Å². The second kappa shape index (κ2) is 7.77. The van der Waals surface area contributed by atoms with Crippen LogP contribution in [0.1, 0.15) is 35.9 Å². The van der Waals surface area contributed by atoms with Crippen molar-refractivity contribution in [2.75, 3.05) is 0 Å². The fourth-order valence-electron chi connectivity index (χ4n) is 2.15. The average molecular weight is 406 g/mol. The smallest absolute Gasteiger partial charge is 0.351 e. The van der Waals surface area contributed by atoms with E-state index in [9.17, 15) is 26.4 Å². The summed E-state index contributed by atoms with van der Waals surface area (Å²) in [7, 11) is -3.90. The van der Waals surface area contributed by atoms with Gasteiger partial charge in [-0.2, -0.15) is 13.2 Å². The van der Waals surface area contributed by atoms with Crippen molar-refractivity contribution in [2.24, 2.45) is 0 Å². The molecule has 1 aromatic carbocycles. The molecule has 26 heavy (non-hydrogen) atoms. The summed E-state index contributed by atoms with van der Waals surface area (Å²) in [6.07, 6.45) is -4.50. The first-order chi connectivity index (χ1) is 12.0. The molecule has 0 saturated heterocycles. The molecule has 0 saturated carbocycles. The van der Waals surface area contributed by atoms with Gasteiger partial charge in [0.25, 0.3) is 10.0 Å². The van der Waals surface area contributed by atoms with Crippen molar-refractivity contribution in [3.63, 3.8) is 0 Å². The van der Waals surface area contributed by atoms with Gasteiger partial charge in [0.2, 0.25) is 5.91 Å². The van der Waals surface area contributed by atoms with E-state index in [-0.39, 0.29) is 22.2 Å². The molecule has 2 rings (SSSR count). The first kappa shape index (κ1) is 20.4. The Balaban J connectivity index is 2.15. The summed E-state index contributed by atoms with van der Waals surface area (Å²) in [6, 6.07) is 6.64. The van der Waals surface area contributed by atoms with Crippen LogP contribution < -0.4 is 10.0 Å². The zero-order valence-corrected chi connectivity index (χ0v) is 15.6. The zero-order valence-electron chi connectivity index (χ0n) is 13.9. The van der Waals surface area contributed by atoms with Crippen LogP contribution in [0.15, 0.2) is 40.6 Å². The first-order valence-electron chi connectivity index (χ1n) is 7.51. The quantitative estimate of drug-likeness (QED) is 0.772. The van der Waals surface area contributed by atoms with Crippen LogP contribution in [0.2, 0.25) is 0 Å². The van der Waals surface area contributed by atoms with Crippen LogP contribution in [-0.2, 0) is 27.5 Å². The maximum Gasteiger partial charge on any atom is 0.416 e. The highest BCUT2D eigenvalue weighted by molar-refractivity contribution is 7.91. The van der Waals surface area contributed by atoms with Gasteiger partial charge in [0.15, 0.2) is 0 Å². The number of hydrogen-bond acceptors (Lipinski definition) is 4. The Bertz CT molecular complexity index is 892. The first-order valence-corrected chi connectivity index (χ1v) is 9.81. The van der Waals surface area contributed by atoms with Crippen LogP contribution >= 0.6 is 11.3 Å². The molecule has 0 aliphatic heterocycles. The Morgan fingerprint density at radius 1 is 1.23 bits per heavy atom. The number of amides is 1. The number of rotatable bonds is 6. The second-order valence-corrected chi connectivity index (χ2v) is 8.71. The van der Waals surface area contributed by atoms with Crippen molar-refractivity contribution in [1.29, 1.82) is 0 Å². The molecule has 1 heterocycles. The standard InChI is InChI=1S/C16H17F3N2O3S2/c1-10(12-4-3-5-13(8-12)16(17,18)19)21-26(23,24)15-7-6-14(25-15)9-20-11(2)22/h3-8,10,21H,9H2,1-2H3,(H,20,22)/t10-/m0/s1. The Morgan fingerprint density at radius 2 is 1.92 bits per heavy atom. The number of halogens is 3. The van der Waals surface area contributed by atoms with Gasteiger partial charge in [-0.1, -0.05) is 12.1 Å². The lowest BCUT2D eigenvalue weighted by atomic mass is 10.1. The molecule has 0 bridgehead atoms. The topological polar surface area (TPSA) is 75.3 Å². The Hall–Kier alpha value is -1.91. The summed E-state index contributed by atoms with van der Waals surface area (Å²) in [4.78, 5) is 11.5. The Kier molecular flexibility index (Phi) is 6.09. The van der Waals surface area contributed by atoms with E-state index in [0.717, 1.165) is 23.5 Å². The van der Waals surface area contributed by atoms with Gasteiger partial charge in [-0.15, -0.1) is 11.3 Å². The highest BCUT2D eigenvalue weighted by atomic mass is 32.2. The minimum Gasteiger partial charge on any atom is -0.351 e. The number of carbonyl (C=O) groups is 1. The van der Waals surface area contributed by atoms with Gasteiger partial charge >= 0.3 is 6.18 Å².